The van der Waals surface area contributed by atoms with Gasteiger partial charge in [0.15, 0.2) is 0 Å². The SMILES string of the molecule is CCCOc1cc(Cl)c(Cl)c(Cl)c1. The minimum Gasteiger partial charge on any atom is -0.493 e. The molecule has 0 saturated carbocycles. The molecule has 0 saturated heterocycles. The molecule has 1 nitrogen and oxygen atoms in total. The Kier molecular flexibility index (Phi) is 4.17. The average Bonchev–Trinajstić information content (AvgIpc) is 2.10. The van der Waals surface area contributed by atoms with Crippen LogP contribution in [-0.2, 0) is 0 Å². The molecule has 0 aliphatic heterocycles. The maximum atomic E-state index is 5.80. The predicted octanol–water partition coefficient (Wildman–Crippen LogP) is 4.44. The summed E-state index contributed by atoms with van der Waals surface area (Å²) in [7, 11) is 0. The second-order valence-corrected chi connectivity index (χ2v) is 3.74. The van der Waals surface area contributed by atoms with E-state index in [0.29, 0.717) is 27.4 Å². The molecular weight excluding hydrogens is 230 g/mol. The third-order valence-corrected chi connectivity index (χ3v) is 2.63. The van der Waals surface area contributed by atoms with Gasteiger partial charge in [-0.2, -0.15) is 0 Å². The van der Waals surface area contributed by atoms with Crippen molar-refractivity contribution in [1.29, 1.82) is 0 Å². The largest absolute Gasteiger partial charge is 0.493 e. The van der Waals surface area contributed by atoms with E-state index in [-0.39, 0.29) is 0 Å². The summed E-state index contributed by atoms with van der Waals surface area (Å²) in [6.45, 7) is 2.67. The lowest BCUT2D eigenvalue weighted by Gasteiger charge is -2.06. The second-order valence-electron chi connectivity index (χ2n) is 2.55. The third kappa shape index (κ3) is 2.94. The van der Waals surface area contributed by atoms with Crippen LogP contribution in [0.3, 0.4) is 0 Å². The van der Waals surface area contributed by atoms with Gasteiger partial charge in [-0.1, -0.05) is 41.7 Å². The first-order valence-corrected chi connectivity index (χ1v) is 5.06. The van der Waals surface area contributed by atoms with Crippen molar-refractivity contribution in [2.24, 2.45) is 0 Å². The molecule has 0 spiro atoms. The highest BCUT2D eigenvalue weighted by Crippen LogP contribution is 2.34. The summed E-state index contributed by atoms with van der Waals surface area (Å²) < 4.78 is 5.34. The quantitative estimate of drug-likeness (QED) is 0.709. The summed E-state index contributed by atoms with van der Waals surface area (Å²) in [6, 6.07) is 3.32. The maximum Gasteiger partial charge on any atom is 0.122 e. The smallest absolute Gasteiger partial charge is 0.122 e. The van der Waals surface area contributed by atoms with Crippen LogP contribution in [0, 0.1) is 0 Å². The van der Waals surface area contributed by atoms with Crippen LogP contribution in [0.4, 0.5) is 0 Å². The number of halogens is 3. The molecule has 0 unspecified atom stereocenters. The van der Waals surface area contributed by atoms with Gasteiger partial charge in [-0.25, -0.2) is 0 Å². The van der Waals surface area contributed by atoms with E-state index in [0.717, 1.165) is 6.42 Å². The Labute approximate surface area is 92.5 Å². The minimum atomic E-state index is 0.368. The molecule has 0 fully saturated rings. The van der Waals surface area contributed by atoms with E-state index in [1.54, 1.807) is 12.1 Å². The van der Waals surface area contributed by atoms with Crippen LogP contribution >= 0.6 is 34.8 Å². The lowest BCUT2D eigenvalue weighted by atomic mass is 10.3. The minimum absolute atomic E-state index is 0.368. The molecule has 4 heteroatoms. The molecule has 1 rings (SSSR count). The summed E-state index contributed by atoms with van der Waals surface area (Å²) in [4.78, 5) is 0. The van der Waals surface area contributed by atoms with Crippen molar-refractivity contribution in [2.75, 3.05) is 6.61 Å². The molecule has 0 amide bonds. The van der Waals surface area contributed by atoms with Crippen molar-refractivity contribution in [3.63, 3.8) is 0 Å². The first-order chi connectivity index (χ1) is 6.15. The van der Waals surface area contributed by atoms with Crippen LogP contribution in [0.5, 0.6) is 5.75 Å². The van der Waals surface area contributed by atoms with Gasteiger partial charge in [0, 0.05) is 12.1 Å². The molecule has 1 aromatic carbocycles. The van der Waals surface area contributed by atoms with Crippen LogP contribution in [0.25, 0.3) is 0 Å². The number of ether oxygens (including phenoxy) is 1. The van der Waals surface area contributed by atoms with Crippen LogP contribution in [-0.4, -0.2) is 6.61 Å². The van der Waals surface area contributed by atoms with Crippen molar-refractivity contribution in [2.45, 2.75) is 13.3 Å². The van der Waals surface area contributed by atoms with Gasteiger partial charge >= 0.3 is 0 Å². The van der Waals surface area contributed by atoms with Gasteiger partial charge in [0.1, 0.15) is 5.75 Å². The lowest BCUT2D eigenvalue weighted by molar-refractivity contribution is 0.317. The van der Waals surface area contributed by atoms with E-state index in [1.165, 1.54) is 0 Å². The van der Waals surface area contributed by atoms with Crippen molar-refractivity contribution in [1.82, 2.24) is 0 Å². The Morgan fingerprint density at radius 3 is 2.15 bits per heavy atom. The zero-order valence-corrected chi connectivity index (χ0v) is 9.38. The first kappa shape index (κ1) is 11.0. The van der Waals surface area contributed by atoms with Crippen LogP contribution in [0.15, 0.2) is 12.1 Å². The van der Waals surface area contributed by atoms with Crippen LogP contribution in [0.2, 0.25) is 15.1 Å². The first-order valence-electron chi connectivity index (χ1n) is 3.92. The fourth-order valence-corrected chi connectivity index (χ4v) is 1.41. The zero-order valence-electron chi connectivity index (χ0n) is 7.11. The molecule has 72 valence electrons. The summed E-state index contributed by atoms with van der Waals surface area (Å²) in [6.07, 6.45) is 0.942. The van der Waals surface area contributed by atoms with Crippen molar-refractivity contribution < 1.29 is 4.74 Å². The molecular formula is C9H9Cl3O. The molecule has 1 aromatic rings. The predicted molar refractivity (Wildman–Crippen MR) is 57.3 cm³/mol. The third-order valence-electron chi connectivity index (χ3n) is 1.43. The van der Waals surface area contributed by atoms with E-state index in [9.17, 15) is 0 Å². The van der Waals surface area contributed by atoms with Crippen molar-refractivity contribution in [3.8, 4) is 5.75 Å². The van der Waals surface area contributed by atoms with E-state index >= 15 is 0 Å². The Bertz CT molecular complexity index is 276. The molecule has 0 N–H and O–H groups in total. The monoisotopic (exact) mass is 238 g/mol. The number of hydrogen-bond donors (Lipinski definition) is 0. The highest BCUT2D eigenvalue weighted by molar-refractivity contribution is 6.48. The van der Waals surface area contributed by atoms with E-state index in [1.807, 2.05) is 6.92 Å². The van der Waals surface area contributed by atoms with Crippen molar-refractivity contribution in [3.05, 3.63) is 27.2 Å². The molecule has 0 radical (unpaired) electrons. The van der Waals surface area contributed by atoms with Gasteiger partial charge in [-0.05, 0) is 6.42 Å². The fraction of sp³-hybridized carbons (Fsp3) is 0.333. The van der Waals surface area contributed by atoms with Crippen LogP contribution in [0.1, 0.15) is 13.3 Å². The normalized spacial score (nSPS) is 10.2. The van der Waals surface area contributed by atoms with E-state index in [2.05, 4.69) is 0 Å². The topological polar surface area (TPSA) is 9.23 Å². The summed E-state index contributed by atoms with van der Waals surface area (Å²) in [5.41, 5.74) is 0. The van der Waals surface area contributed by atoms with Gasteiger partial charge < -0.3 is 4.74 Å². The molecule has 0 aromatic heterocycles. The highest BCUT2D eigenvalue weighted by Gasteiger charge is 2.05. The summed E-state index contributed by atoms with van der Waals surface area (Å²) in [5.74, 6) is 0.654. The summed E-state index contributed by atoms with van der Waals surface area (Å²) in [5, 5.41) is 1.20. The van der Waals surface area contributed by atoms with Crippen molar-refractivity contribution >= 4 is 34.8 Å². The van der Waals surface area contributed by atoms with Gasteiger partial charge in [-0.15, -0.1) is 0 Å². The fourth-order valence-electron chi connectivity index (χ4n) is 0.836. The number of benzene rings is 1. The Hall–Kier alpha value is -0.110. The number of hydrogen-bond acceptors (Lipinski definition) is 1. The van der Waals surface area contributed by atoms with Gasteiger partial charge in [0.05, 0.1) is 21.7 Å². The molecule has 0 bridgehead atoms. The number of rotatable bonds is 3. The zero-order chi connectivity index (χ0) is 9.84. The van der Waals surface area contributed by atoms with Crippen LogP contribution < -0.4 is 4.74 Å². The van der Waals surface area contributed by atoms with Gasteiger partial charge in [0.25, 0.3) is 0 Å². The Morgan fingerprint density at radius 1 is 1.15 bits per heavy atom. The second kappa shape index (κ2) is 4.94. The molecule has 0 heterocycles. The Balaban J connectivity index is 2.86. The molecule has 0 aliphatic carbocycles. The van der Waals surface area contributed by atoms with Gasteiger partial charge in [0.2, 0.25) is 0 Å². The average molecular weight is 240 g/mol. The standard InChI is InChI=1S/C9H9Cl3O/c1-2-3-13-6-4-7(10)9(12)8(11)5-6/h4-5H,2-3H2,1H3. The summed E-state index contributed by atoms with van der Waals surface area (Å²) >= 11 is 17.4. The lowest BCUT2D eigenvalue weighted by Crippen LogP contribution is -1.94. The molecule has 13 heavy (non-hydrogen) atoms. The molecule has 0 aliphatic rings. The highest BCUT2D eigenvalue weighted by atomic mass is 35.5. The van der Waals surface area contributed by atoms with Gasteiger partial charge in [-0.3, -0.25) is 0 Å². The van der Waals surface area contributed by atoms with E-state index < -0.39 is 0 Å². The molecule has 0 atom stereocenters. The maximum absolute atomic E-state index is 5.80. The Morgan fingerprint density at radius 2 is 1.69 bits per heavy atom. The van der Waals surface area contributed by atoms with E-state index in [4.69, 9.17) is 39.5 Å².